The van der Waals surface area contributed by atoms with E-state index in [0.717, 1.165) is 34.4 Å². The Labute approximate surface area is 109 Å². The van der Waals surface area contributed by atoms with E-state index in [9.17, 15) is 4.79 Å². The van der Waals surface area contributed by atoms with Crippen LogP contribution in [-0.4, -0.2) is 19.0 Å². The van der Waals surface area contributed by atoms with Crippen molar-refractivity contribution in [3.8, 4) is 0 Å². The molecule has 2 N–H and O–H groups in total. The Hall–Kier alpha value is -1.13. The van der Waals surface area contributed by atoms with Crippen molar-refractivity contribution >= 4 is 27.5 Å². The number of aryl methyl sites for hydroxylation is 1. The van der Waals surface area contributed by atoms with Gasteiger partial charge in [0.25, 0.3) is 5.91 Å². The Balaban J connectivity index is 2.13. The maximum Gasteiger partial charge on any atom is 0.251 e. The standard InChI is InChI=1S/C13H15BrN2O/c1-8-5-11(14)3-4-12(8)16-13(17)9(2)10-6-15-7-10/h3-5,15H,6-7H2,1-2H3,(H,16,17). The summed E-state index contributed by atoms with van der Waals surface area (Å²) in [4.78, 5) is 12.0. The molecule has 1 aromatic rings. The number of amides is 1. The van der Waals surface area contributed by atoms with Crippen LogP contribution in [0.15, 0.2) is 33.8 Å². The van der Waals surface area contributed by atoms with Crippen LogP contribution in [0.5, 0.6) is 0 Å². The highest BCUT2D eigenvalue weighted by Gasteiger charge is 2.16. The highest BCUT2D eigenvalue weighted by atomic mass is 79.9. The number of hydrogen-bond acceptors (Lipinski definition) is 2. The average molecular weight is 295 g/mol. The van der Waals surface area contributed by atoms with E-state index < -0.39 is 0 Å². The van der Waals surface area contributed by atoms with E-state index in [1.54, 1.807) is 0 Å². The molecule has 1 saturated heterocycles. The van der Waals surface area contributed by atoms with Gasteiger partial charge in [0.15, 0.2) is 0 Å². The molecule has 1 heterocycles. The third-order valence-electron chi connectivity index (χ3n) is 2.98. The van der Waals surface area contributed by atoms with Gasteiger partial charge >= 0.3 is 0 Å². The molecule has 2 rings (SSSR count). The first-order chi connectivity index (χ1) is 8.08. The van der Waals surface area contributed by atoms with Crippen LogP contribution in [0.3, 0.4) is 0 Å². The number of carbonyl (C=O) groups excluding carboxylic acids is 1. The summed E-state index contributed by atoms with van der Waals surface area (Å²) < 4.78 is 1.02. The lowest BCUT2D eigenvalue weighted by atomic mass is 10.0. The molecular formula is C13H15BrN2O. The summed E-state index contributed by atoms with van der Waals surface area (Å²) in [5.41, 5.74) is 3.94. The fourth-order valence-corrected chi connectivity index (χ4v) is 2.13. The van der Waals surface area contributed by atoms with Gasteiger partial charge in [0.2, 0.25) is 0 Å². The third kappa shape index (κ3) is 2.76. The molecule has 0 radical (unpaired) electrons. The zero-order valence-corrected chi connectivity index (χ0v) is 11.5. The highest BCUT2D eigenvalue weighted by molar-refractivity contribution is 9.10. The van der Waals surface area contributed by atoms with Crippen molar-refractivity contribution in [2.45, 2.75) is 13.8 Å². The SMILES string of the molecule is CC(C(=O)Nc1ccc(Br)cc1C)=C1CNC1. The van der Waals surface area contributed by atoms with E-state index in [-0.39, 0.29) is 5.91 Å². The molecular weight excluding hydrogens is 280 g/mol. The first-order valence-electron chi connectivity index (χ1n) is 5.55. The number of hydrogen-bond donors (Lipinski definition) is 2. The Morgan fingerprint density at radius 2 is 2.12 bits per heavy atom. The number of carbonyl (C=O) groups is 1. The molecule has 0 aromatic heterocycles. The Kier molecular flexibility index (Phi) is 3.64. The monoisotopic (exact) mass is 294 g/mol. The predicted octanol–water partition coefficient (Wildman–Crippen LogP) is 2.62. The van der Waals surface area contributed by atoms with Gasteiger partial charge in [-0.2, -0.15) is 0 Å². The Morgan fingerprint density at radius 3 is 2.65 bits per heavy atom. The number of nitrogens with one attached hydrogen (secondary N) is 2. The topological polar surface area (TPSA) is 41.1 Å². The van der Waals surface area contributed by atoms with Crippen LogP contribution in [0.4, 0.5) is 5.69 Å². The van der Waals surface area contributed by atoms with Crippen LogP contribution < -0.4 is 10.6 Å². The van der Waals surface area contributed by atoms with Crippen molar-refractivity contribution in [3.63, 3.8) is 0 Å². The predicted molar refractivity (Wildman–Crippen MR) is 73.1 cm³/mol. The van der Waals surface area contributed by atoms with E-state index in [4.69, 9.17) is 0 Å². The summed E-state index contributed by atoms with van der Waals surface area (Å²) >= 11 is 3.40. The molecule has 1 aromatic carbocycles. The van der Waals surface area contributed by atoms with Gasteiger partial charge in [-0.05, 0) is 43.2 Å². The molecule has 1 amide bonds. The van der Waals surface area contributed by atoms with Gasteiger partial charge in [0.05, 0.1) is 0 Å². The van der Waals surface area contributed by atoms with E-state index >= 15 is 0 Å². The van der Waals surface area contributed by atoms with Crippen molar-refractivity contribution in [2.75, 3.05) is 18.4 Å². The second-order valence-corrected chi connectivity index (χ2v) is 5.16. The number of rotatable bonds is 2. The van der Waals surface area contributed by atoms with Crippen LogP contribution in [-0.2, 0) is 4.79 Å². The molecule has 0 bridgehead atoms. The summed E-state index contributed by atoms with van der Waals surface area (Å²) in [6.07, 6.45) is 0. The maximum absolute atomic E-state index is 12.0. The van der Waals surface area contributed by atoms with Crippen LogP contribution in [0.1, 0.15) is 12.5 Å². The van der Waals surface area contributed by atoms with Crippen molar-refractivity contribution in [1.29, 1.82) is 0 Å². The third-order valence-corrected chi connectivity index (χ3v) is 3.48. The molecule has 17 heavy (non-hydrogen) atoms. The first-order valence-corrected chi connectivity index (χ1v) is 6.34. The molecule has 1 aliphatic rings. The summed E-state index contributed by atoms with van der Waals surface area (Å²) in [5.74, 6) is -0.00748. The molecule has 1 aliphatic heterocycles. The van der Waals surface area contributed by atoms with Gasteiger partial charge in [0.1, 0.15) is 0 Å². The van der Waals surface area contributed by atoms with Gasteiger partial charge < -0.3 is 10.6 Å². The summed E-state index contributed by atoms with van der Waals surface area (Å²) in [7, 11) is 0. The summed E-state index contributed by atoms with van der Waals surface area (Å²) in [6, 6.07) is 5.83. The molecule has 0 atom stereocenters. The van der Waals surface area contributed by atoms with E-state index in [1.165, 1.54) is 5.57 Å². The van der Waals surface area contributed by atoms with Crippen LogP contribution in [0.2, 0.25) is 0 Å². The lowest BCUT2D eigenvalue weighted by Gasteiger charge is -2.21. The minimum Gasteiger partial charge on any atom is -0.322 e. The van der Waals surface area contributed by atoms with Gasteiger partial charge in [0, 0.05) is 28.8 Å². The Bertz CT molecular complexity index is 488. The molecule has 0 spiro atoms. The smallest absolute Gasteiger partial charge is 0.251 e. The first kappa shape index (κ1) is 12.3. The van der Waals surface area contributed by atoms with E-state index in [1.807, 2.05) is 32.0 Å². The molecule has 0 aliphatic carbocycles. The van der Waals surface area contributed by atoms with Crippen molar-refractivity contribution in [3.05, 3.63) is 39.4 Å². The molecule has 90 valence electrons. The quantitative estimate of drug-likeness (QED) is 0.824. The molecule has 3 nitrogen and oxygen atoms in total. The lowest BCUT2D eigenvalue weighted by molar-refractivity contribution is -0.112. The second kappa shape index (κ2) is 5.02. The van der Waals surface area contributed by atoms with Crippen molar-refractivity contribution < 1.29 is 4.79 Å². The van der Waals surface area contributed by atoms with Gasteiger partial charge in [-0.3, -0.25) is 4.79 Å². The molecule has 4 heteroatoms. The fourth-order valence-electron chi connectivity index (χ4n) is 1.66. The number of halogens is 1. The maximum atomic E-state index is 12.0. The average Bonchev–Trinajstić information content (AvgIpc) is 2.19. The zero-order valence-electron chi connectivity index (χ0n) is 9.93. The van der Waals surface area contributed by atoms with Crippen LogP contribution in [0, 0.1) is 6.92 Å². The molecule has 0 saturated carbocycles. The fraction of sp³-hybridized carbons (Fsp3) is 0.308. The second-order valence-electron chi connectivity index (χ2n) is 4.25. The Morgan fingerprint density at radius 1 is 1.41 bits per heavy atom. The largest absolute Gasteiger partial charge is 0.322 e. The van der Waals surface area contributed by atoms with Crippen molar-refractivity contribution in [1.82, 2.24) is 5.32 Å². The summed E-state index contributed by atoms with van der Waals surface area (Å²) in [5, 5.41) is 6.08. The lowest BCUT2D eigenvalue weighted by Crippen LogP contribution is -2.36. The minimum atomic E-state index is -0.00748. The zero-order chi connectivity index (χ0) is 12.4. The van der Waals surface area contributed by atoms with Crippen molar-refractivity contribution in [2.24, 2.45) is 0 Å². The number of anilines is 1. The van der Waals surface area contributed by atoms with Gasteiger partial charge in [-0.25, -0.2) is 0 Å². The van der Waals surface area contributed by atoms with Crippen LogP contribution in [0.25, 0.3) is 0 Å². The number of benzene rings is 1. The van der Waals surface area contributed by atoms with E-state index in [0.29, 0.717) is 0 Å². The van der Waals surface area contributed by atoms with Gasteiger partial charge in [-0.15, -0.1) is 0 Å². The molecule has 1 fully saturated rings. The van der Waals surface area contributed by atoms with E-state index in [2.05, 4.69) is 26.6 Å². The van der Waals surface area contributed by atoms with Crippen LogP contribution >= 0.6 is 15.9 Å². The normalized spacial score (nSPS) is 14.2. The molecule has 0 unspecified atom stereocenters. The minimum absolute atomic E-state index is 0.00748. The van der Waals surface area contributed by atoms with Gasteiger partial charge in [-0.1, -0.05) is 15.9 Å². The summed E-state index contributed by atoms with van der Waals surface area (Å²) in [6.45, 7) is 5.52. The highest BCUT2D eigenvalue weighted by Crippen LogP contribution is 2.21.